The van der Waals surface area contributed by atoms with Crippen LogP contribution in [0.25, 0.3) is 0 Å². The molecule has 0 saturated carbocycles. The molecule has 0 radical (unpaired) electrons. The molecule has 0 bridgehead atoms. The summed E-state index contributed by atoms with van der Waals surface area (Å²) in [6, 6.07) is 12.3. The van der Waals surface area contributed by atoms with Crippen LogP contribution in [0.2, 0.25) is 0 Å². The van der Waals surface area contributed by atoms with Crippen LogP contribution in [0.5, 0.6) is 0 Å². The molecule has 0 unspecified atom stereocenters. The van der Waals surface area contributed by atoms with E-state index >= 15 is 0 Å². The first kappa shape index (κ1) is 14.7. The predicted molar refractivity (Wildman–Crippen MR) is 86.1 cm³/mol. The highest BCUT2D eigenvalue weighted by atomic mass is 16.2. The minimum absolute atomic E-state index is 0.230. The third-order valence-electron chi connectivity index (χ3n) is 4.05. The van der Waals surface area contributed by atoms with Crippen LogP contribution >= 0.6 is 0 Å². The number of benzene rings is 1. The van der Waals surface area contributed by atoms with Gasteiger partial charge in [0.15, 0.2) is 0 Å². The summed E-state index contributed by atoms with van der Waals surface area (Å²) < 4.78 is 0. The summed E-state index contributed by atoms with van der Waals surface area (Å²) in [5.41, 5.74) is 3.80. The van der Waals surface area contributed by atoms with E-state index in [1.807, 2.05) is 29.3 Å². The van der Waals surface area contributed by atoms with Crippen LogP contribution < -0.4 is 5.32 Å². The Kier molecular flexibility index (Phi) is 4.81. The lowest BCUT2D eigenvalue weighted by Crippen LogP contribution is -2.37. The molecule has 1 aromatic carbocycles. The first-order chi connectivity index (χ1) is 10.8. The van der Waals surface area contributed by atoms with Gasteiger partial charge in [-0.2, -0.15) is 0 Å². The van der Waals surface area contributed by atoms with E-state index in [4.69, 9.17) is 0 Å². The summed E-state index contributed by atoms with van der Waals surface area (Å²) in [5, 5.41) is 3.30. The second-order valence-corrected chi connectivity index (χ2v) is 5.62. The van der Waals surface area contributed by atoms with Crippen LogP contribution in [-0.4, -0.2) is 28.9 Å². The molecule has 0 atom stereocenters. The molecule has 1 amide bonds. The van der Waals surface area contributed by atoms with Crippen molar-refractivity contribution in [1.29, 1.82) is 0 Å². The Bertz CT molecular complexity index is 627. The molecular weight excluding hydrogens is 274 g/mol. The van der Waals surface area contributed by atoms with Gasteiger partial charge in [-0.25, -0.2) is 0 Å². The Morgan fingerprint density at radius 2 is 2.05 bits per heavy atom. The van der Waals surface area contributed by atoms with E-state index in [2.05, 4.69) is 28.5 Å². The van der Waals surface area contributed by atoms with Crippen molar-refractivity contribution in [2.24, 2.45) is 0 Å². The number of pyridine rings is 1. The number of carbonyl (C=O) groups excluding carboxylic acids is 1. The molecule has 2 heterocycles. The summed E-state index contributed by atoms with van der Waals surface area (Å²) in [5.74, 6) is 0.230. The molecule has 1 aromatic heterocycles. The summed E-state index contributed by atoms with van der Waals surface area (Å²) >= 11 is 0. The molecule has 0 aliphatic carbocycles. The number of fused-ring (bicyclic) bond motifs is 1. The third kappa shape index (κ3) is 3.71. The van der Waals surface area contributed by atoms with Gasteiger partial charge in [0.05, 0.1) is 0 Å². The van der Waals surface area contributed by atoms with Gasteiger partial charge in [0.1, 0.15) is 0 Å². The fourth-order valence-corrected chi connectivity index (χ4v) is 2.80. The Hall–Kier alpha value is -2.20. The van der Waals surface area contributed by atoms with Gasteiger partial charge in [-0.3, -0.25) is 9.78 Å². The minimum Gasteiger partial charge on any atom is -0.338 e. The maximum atomic E-state index is 12.3. The maximum Gasteiger partial charge on any atom is 0.224 e. The first-order valence-electron chi connectivity index (χ1n) is 7.77. The van der Waals surface area contributed by atoms with Gasteiger partial charge < -0.3 is 10.2 Å². The number of nitrogens with zero attached hydrogens (tertiary/aromatic N) is 2. The normalized spacial score (nSPS) is 13.7. The predicted octanol–water partition coefficient (Wildman–Crippen LogP) is 2.15. The molecule has 1 aliphatic rings. The first-order valence-corrected chi connectivity index (χ1v) is 7.77. The summed E-state index contributed by atoms with van der Waals surface area (Å²) in [6.07, 6.45) is 5.12. The van der Waals surface area contributed by atoms with Crippen molar-refractivity contribution in [2.75, 3.05) is 13.1 Å². The van der Waals surface area contributed by atoms with Gasteiger partial charge in [0.2, 0.25) is 5.91 Å². The highest BCUT2D eigenvalue weighted by Gasteiger charge is 2.19. The van der Waals surface area contributed by atoms with Crippen molar-refractivity contribution in [2.45, 2.75) is 25.9 Å². The average molecular weight is 295 g/mol. The van der Waals surface area contributed by atoms with Crippen molar-refractivity contribution >= 4 is 5.91 Å². The zero-order valence-electron chi connectivity index (χ0n) is 12.7. The van der Waals surface area contributed by atoms with Gasteiger partial charge >= 0.3 is 0 Å². The molecule has 1 aliphatic heterocycles. The SMILES string of the molecule is O=C(CCNCc1cccnc1)N1CCc2ccccc2C1. The Balaban J connectivity index is 1.43. The highest BCUT2D eigenvalue weighted by Crippen LogP contribution is 2.18. The van der Waals surface area contributed by atoms with E-state index in [1.54, 1.807) is 6.20 Å². The Morgan fingerprint density at radius 1 is 1.18 bits per heavy atom. The maximum absolute atomic E-state index is 12.3. The Labute approximate surface area is 131 Å². The smallest absolute Gasteiger partial charge is 0.224 e. The summed E-state index contributed by atoms with van der Waals surface area (Å²) in [7, 11) is 0. The second-order valence-electron chi connectivity index (χ2n) is 5.62. The van der Waals surface area contributed by atoms with Crippen LogP contribution in [0, 0.1) is 0 Å². The van der Waals surface area contributed by atoms with E-state index in [0.717, 1.165) is 31.6 Å². The number of nitrogens with one attached hydrogen (secondary N) is 1. The van der Waals surface area contributed by atoms with Crippen molar-refractivity contribution in [3.8, 4) is 0 Å². The number of aromatic nitrogens is 1. The van der Waals surface area contributed by atoms with Gasteiger partial charge in [0, 0.05) is 45.0 Å². The molecule has 4 nitrogen and oxygen atoms in total. The summed E-state index contributed by atoms with van der Waals surface area (Å²) in [6.45, 7) is 3.03. The molecule has 22 heavy (non-hydrogen) atoms. The van der Waals surface area contributed by atoms with E-state index < -0.39 is 0 Å². The second kappa shape index (κ2) is 7.18. The molecule has 0 spiro atoms. The topological polar surface area (TPSA) is 45.2 Å². The van der Waals surface area contributed by atoms with Crippen LogP contribution in [0.15, 0.2) is 48.8 Å². The van der Waals surface area contributed by atoms with Gasteiger partial charge in [-0.05, 0) is 29.2 Å². The number of amides is 1. The molecule has 3 rings (SSSR count). The largest absolute Gasteiger partial charge is 0.338 e. The fourth-order valence-electron chi connectivity index (χ4n) is 2.80. The molecule has 1 N–H and O–H groups in total. The molecule has 0 fully saturated rings. The Morgan fingerprint density at radius 3 is 2.86 bits per heavy atom. The number of hydrogen-bond donors (Lipinski definition) is 1. The van der Waals surface area contributed by atoms with E-state index in [0.29, 0.717) is 13.0 Å². The van der Waals surface area contributed by atoms with Crippen molar-refractivity contribution in [1.82, 2.24) is 15.2 Å². The molecular formula is C18H21N3O. The summed E-state index contributed by atoms with van der Waals surface area (Å²) in [4.78, 5) is 18.3. The standard InChI is InChI=1S/C18H21N3O/c22-18(7-10-20-13-15-4-3-9-19-12-15)21-11-8-16-5-1-2-6-17(16)14-21/h1-6,9,12,20H,7-8,10-11,13-14H2. The molecule has 4 heteroatoms. The van der Waals surface area contributed by atoms with Crippen molar-refractivity contribution < 1.29 is 4.79 Å². The van der Waals surface area contributed by atoms with Crippen LogP contribution in [0.1, 0.15) is 23.1 Å². The highest BCUT2D eigenvalue weighted by molar-refractivity contribution is 5.76. The van der Waals surface area contributed by atoms with E-state index in [1.165, 1.54) is 11.1 Å². The number of carbonyl (C=O) groups is 1. The average Bonchev–Trinajstić information content (AvgIpc) is 2.59. The quantitative estimate of drug-likeness (QED) is 0.860. The number of hydrogen-bond acceptors (Lipinski definition) is 3. The zero-order chi connectivity index (χ0) is 15.2. The zero-order valence-corrected chi connectivity index (χ0v) is 12.7. The van der Waals surface area contributed by atoms with Crippen LogP contribution in [-0.2, 0) is 24.3 Å². The molecule has 0 saturated heterocycles. The lowest BCUT2D eigenvalue weighted by molar-refractivity contribution is -0.132. The fraction of sp³-hybridized carbons (Fsp3) is 0.333. The third-order valence-corrected chi connectivity index (χ3v) is 4.05. The van der Waals surface area contributed by atoms with Crippen LogP contribution in [0.3, 0.4) is 0 Å². The lowest BCUT2D eigenvalue weighted by atomic mass is 10.00. The van der Waals surface area contributed by atoms with Crippen LogP contribution in [0.4, 0.5) is 0 Å². The van der Waals surface area contributed by atoms with Gasteiger partial charge in [0.25, 0.3) is 0 Å². The van der Waals surface area contributed by atoms with E-state index in [-0.39, 0.29) is 5.91 Å². The van der Waals surface area contributed by atoms with E-state index in [9.17, 15) is 4.79 Å². The lowest BCUT2D eigenvalue weighted by Gasteiger charge is -2.29. The molecule has 114 valence electrons. The monoisotopic (exact) mass is 295 g/mol. The van der Waals surface area contributed by atoms with Crippen molar-refractivity contribution in [3.63, 3.8) is 0 Å². The van der Waals surface area contributed by atoms with Crippen molar-refractivity contribution in [3.05, 3.63) is 65.5 Å². The number of rotatable bonds is 5. The molecule has 2 aromatic rings. The van der Waals surface area contributed by atoms with Gasteiger partial charge in [-0.1, -0.05) is 30.3 Å². The minimum atomic E-state index is 0.230. The van der Waals surface area contributed by atoms with Gasteiger partial charge in [-0.15, -0.1) is 0 Å².